The number of hydrogen-bond acceptors (Lipinski definition) is 3. The number of carbonyl (C=O) groups is 1. The molecule has 5 nitrogen and oxygen atoms in total. The van der Waals surface area contributed by atoms with Gasteiger partial charge in [-0.15, -0.1) is 0 Å². The van der Waals surface area contributed by atoms with Crippen LogP contribution in [-0.4, -0.2) is 47.9 Å². The first-order valence-electron chi connectivity index (χ1n) is 9.58. The fraction of sp³-hybridized carbons (Fsp3) is 0.650. The summed E-state index contributed by atoms with van der Waals surface area (Å²) in [6.07, 6.45) is 4.79. The van der Waals surface area contributed by atoms with Gasteiger partial charge >= 0.3 is 6.03 Å². The number of hydrogen-bond donors (Lipinski definition) is 2. The molecule has 136 valence electrons. The van der Waals surface area contributed by atoms with Gasteiger partial charge in [-0.1, -0.05) is 18.2 Å². The van der Waals surface area contributed by atoms with Gasteiger partial charge in [-0.3, -0.25) is 0 Å². The molecule has 0 unspecified atom stereocenters. The summed E-state index contributed by atoms with van der Waals surface area (Å²) >= 11 is 0. The predicted molar refractivity (Wildman–Crippen MR) is 95.6 cm³/mol. The molecule has 1 aromatic carbocycles. The largest absolute Gasteiger partial charge is 0.393 e. The highest BCUT2D eigenvalue weighted by molar-refractivity contribution is 5.75. The van der Waals surface area contributed by atoms with E-state index in [0.29, 0.717) is 32.1 Å². The minimum atomic E-state index is -0.435. The van der Waals surface area contributed by atoms with E-state index in [2.05, 4.69) is 23.5 Å². The van der Waals surface area contributed by atoms with E-state index in [9.17, 15) is 9.90 Å². The number of urea groups is 1. The van der Waals surface area contributed by atoms with Crippen molar-refractivity contribution in [2.75, 3.05) is 19.8 Å². The monoisotopic (exact) mass is 344 g/mol. The van der Waals surface area contributed by atoms with Crippen molar-refractivity contribution in [3.63, 3.8) is 0 Å². The lowest BCUT2D eigenvalue weighted by Gasteiger charge is -2.37. The van der Waals surface area contributed by atoms with E-state index in [-0.39, 0.29) is 18.1 Å². The van der Waals surface area contributed by atoms with Gasteiger partial charge in [-0.2, -0.15) is 0 Å². The highest BCUT2D eigenvalue weighted by atomic mass is 16.5. The fourth-order valence-electron chi connectivity index (χ4n) is 4.86. The Morgan fingerprint density at radius 3 is 3.20 bits per heavy atom. The first-order chi connectivity index (χ1) is 12.1. The van der Waals surface area contributed by atoms with Crippen molar-refractivity contribution in [1.82, 2.24) is 10.2 Å². The van der Waals surface area contributed by atoms with E-state index < -0.39 is 6.10 Å². The summed E-state index contributed by atoms with van der Waals surface area (Å²) in [5, 5.41) is 13.0. The molecule has 0 spiro atoms. The zero-order valence-electron chi connectivity index (χ0n) is 14.9. The summed E-state index contributed by atoms with van der Waals surface area (Å²) in [4.78, 5) is 14.8. The Morgan fingerprint density at radius 1 is 1.48 bits per heavy atom. The number of amides is 2. The number of aryl methyl sites for hydroxylation is 1. The Hall–Kier alpha value is -1.59. The molecule has 2 N–H and O–H groups in total. The second kappa shape index (κ2) is 6.96. The molecule has 1 saturated heterocycles. The Labute approximate surface area is 149 Å². The molecule has 3 aliphatic rings. The molecule has 2 amide bonds. The van der Waals surface area contributed by atoms with Gasteiger partial charge in [0.15, 0.2) is 0 Å². The van der Waals surface area contributed by atoms with Crippen LogP contribution >= 0.6 is 0 Å². The van der Waals surface area contributed by atoms with Crippen LogP contribution in [0, 0.1) is 0 Å². The molecule has 2 aliphatic carbocycles. The maximum absolute atomic E-state index is 12.9. The minimum absolute atomic E-state index is 0.0183. The molecule has 1 heterocycles. The number of benzene rings is 1. The second-order valence-electron chi connectivity index (χ2n) is 7.75. The van der Waals surface area contributed by atoms with Crippen LogP contribution in [0.5, 0.6) is 0 Å². The highest BCUT2D eigenvalue weighted by Gasteiger charge is 2.37. The third kappa shape index (κ3) is 3.27. The van der Waals surface area contributed by atoms with Gasteiger partial charge in [-0.05, 0) is 61.6 Å². The number of aliphatic hydroxyl groups is 1. The van der Waals surface area contributed by atoms with Gasteiger partial charge in [0.1, 0.15) is 0 Å². The first-order valence-corrected chi connectivity index (χ1v) is 9.58. The van der Waals surface area contributed by atoms with Gasteiger partial charge in [0, 0.05) is 6.54 Å². The topological polar surface area (TPSA) is 61.8 Å². The van der Waals surface area contributed by atoms with Gasteiger partial charge in [-0.25, -0.2) is 4.79 Å². The van der Waals surface area contributed by atoms with Crippen molar-refractivity contribution in [3.8, 4) is 0 Å². The molecule has 4 atom stereocenters. The van der Waals surface area contributed by atoms with Crippen molar-refractivity contribution < 1.29 is 14.6 Å². The van der Waals surface area contributed by atoms with Crippen molar-refractivity contribution >= 4 is 6.03 Å². The number of carbonyl (C=O) groups excluding carboxylic acids is 1. The lowest BCUT2D eigenvalue weighted by atomic mass is 9.84. The van der Waals surface area contributed by atoms with Crippen LogP contribution in [0.15, 0.2) is 18.2 Å². The molecule has 4 rings (SSSR count). The molecular formula is C20H28N2O3. The molecule has 0 bridgehead atoms. The molecule has 1 aromatic rings. The summed E-state index contributed by atoms with van der Waals surface area (Å²) in [6, 6.07) is 6.60. The molecular weight excluding hydrogens is 316 g/mol. The third-order valence-corrected chi connectivity index (χ3v) is 5.93. The molecule has 25 heavy (non-hydrogen) atoms. The number of nitrogens with zero attached hydrogens (tertiary/aromatic N) is 1. The van der Waals surface area contributed by atoms with Crippen LogP contribution in [0.25, 0.3) is 0 Å². The molecule has 1 fully saturated rings. The number of rotatable bonds is 3. The lowest BCUT2D eigenvalue weighted by molar-refractivity contribution is -0.00485. The van der Waals surface area contributed by atoms with Crippen LogP contribution in [-0.2, 0) is 11.2 Å². The van der Waals surface area contributed by atoms with Gasteiger partial charge in [0.05, 0.1) is 31.4 Å². The number of ether oxygens (including phenoxy) is 1. The Morgan fingerprint density at radius 2 is 2.36 bits per heavy atom. The summed E-state index contributed by atoms with van der Waals surface area (Å²) in [6.45, 7) is 3.43. The van der Waals surface area contributed by atoms with Crippen LogP contribution < -0.4 is 5.32 Å². The normalized spacial score (nSPS) is 29.2. The van der Waals surface area contributed by atoms with Crippen LogP contribution in [0.3, 0.4) is 0 Å². The summed E-state index contributed by atoms with van der Waals surface area (Å²) in [5.74, 6) is 0.600. The zero-order chi connectivity index (χ0) is 17.4. The molecule has 0 radical (unpaired) electrons. The number of aliphatic hydroxyl groups excluding tert-OH is 1. The molecule has 0 saturated carbocycles. The minimum Gasteiger partial charge on any atom is -0.393 e. The Kier molecular flexibility index (Phi) is 4.69. The Bertz CT molecular complexity index is 646. The quantitative estimate of drug-likeness (QED) is 0.886. The number of morpholine rings is 1. The molecule has 0 aromatic heterocycles. The second-order valence-corrected chi connectivity index (χ2v) is 7.75. The summed E-state index contributed by atoms with van der Waals surface area (Å²) in [7, 11) is 0. The lowest BCUT2D eigenvalue weighted by Crippen LogP contribution is -2.53. The van der Waals surface area contributed by atoms with Gasteiger partial charge < -0.3 is 20.1 Å². The zero-order valence-corrected chi connectivity index (χ0v) is 14.9. The van der Waals surface area contributed by atoms with Crippen LogP contribution in [0.4, 0.5) is 4.79 Å². The van der Waals surface area contributed by atoms with Crippen molar-refractivity contribution in [3.05, 3.63) is 34.9 Å². The van der Waals surface area contributed by atoms with Gasteiger partial charge in [0.2, 0.25) is 0 Å². The summed E-state index contributed by atoms with van der Waals surface area (Å²) in [5.41, 5.74) is 4.29. The van der Waals surface area contributed by atoms with Crippen LogP contribution in [0.2, 0.25) is 0 Å². The van der Waals surface area contributed by atoms with Gasteiger partial charge in [0.25, 0.3) is 0 Å². The number of nitrogens with one attached hydrogen (secondary N) is 1. The van der Waals surface area contributed by atoms with Crippen molar-refractivity contribution in [2.24, 2.45) is 0 Å². The van der Waals surface area contributed by atoms with E-state index >= 15 is 0 Å². The molecule has 5 heteroatoms. The average Bonchev–Trinajstić information content (AvgIpc) is 2.95. The van der Waals surface area contributed by atoms with Crippen LogP contribution in [0.1, 0.15) is 61.3 Å². The first kappa shape index (κ1) is 16.9. The van der Waals surface area contributed by atoms with E-state index in [0.717, 1.165) is 6.42 Å². The van der Waals surface area contributed by atoms with E-state index in [1.54, 1.807) is 6.92 Å². The SMILES string of the molecule is C[C@H](O)C[C@@H]1COCCN1C(=O)N[C@H]1C[C@@H]2CCCc3cccc1c32. The highest BCUT2D eigenvalue weighted by Crippen LogP contribution is 2.47. The Balaban J connectivity index is 1.49. The van der Waals surface area contributed by atoms with E-state index in [1.807, 2.05) is 4.90 Å². The predicted octanol–water partition coefficient (Wildman–Crippen LogP) is 2.73. The summed E-state index contributed by atoms with van der Waals surface area (Å²) < 4.78 is 5.52. The third-order valence-electron chi connectivity index (χ3n) is 5.93. The fourth-order valence-corrected chi connectivity index (χ4v) is 4.86. The average molecular weight is 344 g/mol. The maximum atomic E-state index is 12.9. The van der Waals surface area contributed by atoms with E-state index in [4.69, 9.17) is 4.74 Å². The van der Waals surface area contributed by atoms with E-state index in [1.165, 1.54) is 36.0 Å². The molecule has 1 aliphatic heterocycles. The maximum Gasteiger partial charge on any atom is 0.318 e. The van der Waals surface area contributed by atoms with Crippen molar-refractivity contribution in [2.45, 2.75) is 63.1 Å². The smallest absolute Gasteiger partial charge is 0.318 e. The standard InChI is InChI=1S/C20H28N2O3/c1-13(23)10-16-12-25-9-8-22(16)20(24)21-18-11-15-6-2-4-14-5-3-7-17(18)19(14)15/h3,5,7,13,15-16,18,23H,2,4,6,8-12H2,1H3,(H,21,24)/t13-,15-,16+,18-/m0/s1. The van der Waals surface area contributed by atoms with Crippen molar-refractivity contribution in [1.29, 1.82) is 0 Å².